The van der Waals surface area contributed by atoms with Crippen LogP contribution in [-0.2, 0) is 0 Å². The fourth-order valence-electron chi connectivity index (χ4n) is 1.60. The van der Waals surface area contributed by atoms with E-state index in [0.717, 1.165) is 6.04 Å². The molecule has 1 N–H and O–H groups in total. The second-order valence-electron chi connectivity index (χ2n) is 3.31. The minimum Gasteiger partial charge on any atom is -0.314 e. The molecule has 64 valence electrons. The van der Waals surface area contributed by atoms with Gasteiger partial charge in [0.05, 0.1) is 0 Å². The number of hydrogen-bond acceptors (Lipinski definition) is 1. The molecule has 0 radical (unpaired) electrons. The van der Waals surface area contributed by atoms with E-state index in [0.29, 0.717) is 0 Å². The molecule has 0 aromatic rings. The lowest BCUT2D eigenvalue weighted by molar-refractivity contribution is 0.515. The summed E-state index contributed by atoms with van der Waals surface area (Å²) in [4.78, 5) is 0. The van der Waals surface area contributed by atoms with Crippen LogP contribution >= 0.6 is 0 Å². The van der Waals surface area contributed by atoms with Crippen molar-refractivity contribution in [3.63, 3.8) is 0 Å². The molecule has 1 fully saturated rings. The van der Waals surface area contributed by atoms with Crippen molar-refractivity contribution in [2.24, 2.45) is 0 Å². The van der Waals surface area contributed by atoms with E-state index in [-0.39, 0.29) is 0 Å². The lowest BCUT2D eigenvalue weighted by Gasteiger charge is -2.12. The van der Waals surface area contributed by atoms with Gasteiger partial charge in [-0.15, -0.1) is 0 Å². The molecule has 1 atom stereocenters. The smallest absolute Gasteiger partial charge is 0.0102 e. The third-order valence-corrected chi connectivity index (χ3v) is 2.32. The quantitative estimate of drug-likeness (QED) is 0.601. The molecular formula is C10H19N. The van der Waals surface area contributed by atoms with Crippen LogP contribution in [0, 0.1) is 0 Å². The Balaban J connectivity index is 2.19. The summed E-state index contributed by atoms with van der Waals surface area (Å²) >= 11 is 0. The maximum Gasteiger partial charge on any atom is 0.0102 e. The largest absolute Gasteiger partial charge is 0.314 e. The number of allylic oxidation sites excluding steroid dienone is 1. The first-order chi connectivity index (χ1) is 5.43. The summed E-state index contributed by atoms with van der Waals surface area (Å²) in [6.45, 7) is 3.32. The van der Waals surface area contributed by atoms with Crippen LogP contribution in [0.1, 0.15) is 39.0 Å². The monoisotopic (exact) mass is 153 g/mol. The molecule has 0 bridgehead atoms. The molecule has 1 saturated heterocycles. The zero-order valence-electron chi connectivity index (χ0n) is 7.47. The molecule has 1 aliphatic rings. The van der Waals surface area contributed by atoms with Gasteiger partial charge in [0.2, 0.25) is 0 Å². The van der Waals surface area contributed by atoms with E-state index in [1.807, 2.05) is 0 Å². The molecule has 1 heteroatoms. The lowest BCUT2D eigenvalue weighted by Crippen LogP contribution is -2.27. The van der Waals surface area contributed by atoms with Crippen molar-refractivity contribution in [1.82, 2.24) is 5.32 Å². The summed E-state index contributed by atoms with van der Waals surface area (Å²) in [5.74, 6) is 0. The highest BCUT2D eigenvalue weighted by molar-refractivity contribution is 4.84. The van der Waals surface area contributed by atoms with Crippen LogP contribution in [0.4, 0.5) is 0 Å². The molecule has 1 heterocycles. The van der Waals surface area contributed by atoms with E-state index in [1.165, 1.54) is 38.6 Å². The Bertz CT molecular complexity index is 110. The molecule has 0 aliphatic carbocycles. The van der Waals surface area contributed by atoms with Crippen molar-refractivity contribution in [3.05, 3.63) is 12.2 Å². The Labute approximate surface area is 69.9 Å². The standard InChI is InChI=1S/C10H19N/c1-2-3-7-10-8-5-4-6-9-11-10/h2-3,10-11H,4-9H2,1H3. The van der Waals surface area contributed by atoms with Crippen LogP contribution in [-0.4, -0.2) is 12.6 Å². The number of rotatable bonds is 2. The van der Waals surface area contributed by atoms with Gasteiger partial charge in [-0.25, -0.2) is 0 Å². The lowest BCUT2D eigenvalue weighted by atomic mass is 10.1. The zero-order chi connectivity index (χ0) is 7.94. The van der Waals surface area contributed by atoms with Gasteiger partial charge in [-0.05, 0) is 32.7 Å². The average Bonchev–Trinajstić information content (AvgIpc) is 2.28. The first-order valence-electron chi connectivity index (χ1n) is 4.78. The van der Waals surface area contributed by atoms with Crippen molar-refractivity contribution in [2.45, 2.75) is 45.1 Å². The normalized spacial score (nSPS) is 27.2. The van der Waals surface area contributed by atoms with E-state index in [4.69, 9.17) is 0 Å². The molecule has 1 nitrogen and oxygen atoms in total. The summed E-state index contributed by atoms with van der Waals surface area (Å²) < 4.78 is 0. The van der Waals surface area contributed by atoms with Crippen molar-refractivity contribution in [3.8, 4) is 0 Å². The Morgan fingerprint density at radius 2 is 2.27 bits per heavy atom. The predicted molar refractivity (Wildman–Crippen MR) is 49.7 cm³/mol. The van der Waals surface area contributed by atoms with Gasteiger partial charge in [-0.1, -0.05) is 25.0 Å². The van der Waals surface area contributed by atoms with Gasteiger partial charge in [0, 0.05) is 6.04 Å². The van der Waals surface area contributed by atoms with E-state index in [2.05, 4.69) is 24.4 Å². The Hall–Kier alpha value is -0.300. The molecular weight excluding hydrogens is 134 g/mol. The SMILES string of the molecule is CC=CCC1CCCCCN1. The van der Waals surface area contributed by atoms with Gasteiger partial charge in [0.25, 0.3) is 0 Å². The van der Waals surface area contributed by atoms with E-state index in [9.17, 15) is 0 Å². The molecule has 0 spiro atoms. The van der Waals surface area contributed by atoms with Gasteiger partial charge in [-0.2, -0.15) is 0 Å². The molecule has 11 heavy (non-hydrogen) atoms. The first kappa shape index (κ1) is 8.79. The van der Waals surface area contributed by atoms with E-state index >= 15 is 0 Å². The van der Waals surface area contributed by atoms with Crippen molar-refractivity contribution in [1.29, 1.82) is 0 Å². The average molecular weight is 153 g/mol. The summed E-state index contributed by atoms with van der Waals surface area (Å²) in [6, 6.07) is 0.758. The summed E-state index contributed by atoms with van der Waals surface area (Å²) in [5, 5.41) is 3.57. The Kier molecular flexibility index (Phi) is 4.29. The van der Waals surface area contributed by atoms with Gasteiger partial charge in [-0.3, -0.25) is 0 Å². The second-order valence-corrected chi connectivity index (χ2v) is 3.31. The van der Waals surface area contributed by atoms with E-state index < -0.39 is 0 Å². The second kappa shape index (κ2) is 5.36. The highest BCUT2D eigenvalue weighted by Crippen LogP contribution is 2.10. The number of hydrogen-bond donors (Lipinski definition) is 1. The van der Waals surface area contributed by atoms with Crippen LogP contribution in [0.25, 0.3) is 0 Å². The fraction of sp³-hybridized carbons (Fsp3) is 0.800. The minimum atomic E-state index is 0.758. The fourth-order valence-corrected chi connectivity index (χ4v) is 1.60. The predicted octanol–water partition coefficient (Wildman–Crippen LogP) is 2.48. The molecule has 0 amide bonds. The molecule has 0 aromatic carbocycles. The van der Waals surface area contributed by atoms with Crippen molar-refractivity contribution >= 4 is 0 Å². The first-order valence-corrected chi connectivity index (χ1v) is 4.78. The summed E-state index contributed by atoms with van der Waals surface area (Å²) in [5.41, 5.74) is 0. The van der Waals surface area contributed by atoms with Gasteiger partial charge < -0.3 is 5.32 Å². The highest BCUT2D eigenvalue weighted by Gasteiger charge is 2.08. The maximum atomic E-state index is 3.57. The summed E-state index contributed by atoms with van der Waals surface area (Å²) in [6.07, 6.45) is 11.2. The molecule has 1 unspecified atom stereocenters. The molecule has 1 rings (SSSR count). The van der Waals surface area contributed by atoms with Crippen molar-refractivity contribution < 1.29 is 0 Å². The molecule has 0 saturated carbocycles. The highest BCUT2D eigenvalue weighted by atomic mass is 14.9. The third-order valence-electron chi connectivity index (χ3n) is 2.32. The van der Waals surface area contributed by atoms with E-state index in [1.54, 1.807) is 0 Å². The third kappa shape index (κ3) is 3.57. The Morgan fingerprint density at radius 1 is 1.36 bits per heavy atom. The topological polar surface area (TPSA) is 12.0 Å². The van der Waals surface area contributed by atoms with Crippen LogP contribution in [0.5, 0.6) is 0 Å². The summed E-state index contributed by atoms with van der Waals surface area (Å²) in [7, 11) is 0. The van der Waals surface area contributed by atoms with Crippen LogP contribution in [0.2, 0.25) is 0 Å². The molecule has 0 aromatic heterocycles. The van der Waals surface area contributed by atoms with Crippen molar-refractivity contribution in [2.75, 3.05) is 6.54 Å². The van der Waals surface area contributed by atoms with Crippen LogP contribution < -0.4 is 5.32 Å². The minimum absolute atomic E-state index is 0.758. The Morgan fingerprint density at radius 3 is 3.09 bits per heavy atom. The van der Waals surface area contributed by atoms with Crippen LogP contribution in [0.3, 0.4) is 0 Å². The number of nitrogens with one attached hydrogen (secondary N) is 1. The van der Waals surface area contributed by atoms with Gasteiger partial charge in [0.1, 0.15) is 0 Å². The van der Waals surface area contributed by atoms with Gasteiger partial charge >= 0.3 is 0 Å². The maximum absolute atomic E-state index is 3.57. The zero-order valence-corrected chi connectivity index (χ0v) is 7.47. The van der Waals surface area contributed by atoms with Gasteiger partial charge in [0.15, 0.2) is 0 Å². The molecule has 1 aliphatic heterocycles. The van der Waals surface area contributed by atoms with Crippen LogP contribution in [0.15, 0.2) is 12.2 Å².